The van der Waals surface area contributed by atoms with Crippen LogP contribution >= 0.6 is 0 Å². The molecule has 1 rings (SSSR count). The number of primary amides is 1. The number of benzene rings is 1. The number of carboxylic acids is 1. The molecule has 0 unspecified atom stereocenters. The Morgan fingerprint density at radius 2 is 1.95 bits per heavy atom. The van der Waals surface area contributed by atoms with Crippen LogP contribution in [0.5, 0.6) is 0 Å². The quantitative estimate of drug-likeness (QED) is 0.632. The first kappa shape index (κ1) is 15.6. The number of nitrogens with one attached hydrogen (secondary N) is 1. The van der Waals surface area contributed by atoms with Gasteiger partial charge >= 0.3 is 5.97 Å². The zero-order valence-corrected chi connectivity index (χ0v) is 10.5. The van der Waals surface area contributed by atoms with Crippen LogP contribution < -0.4 is 11.1 Å². The van der Waals surface area contributed by atoms with Gasteiger partial charge in [0.1, 0.15) is 5.82 Å². The molecule has 0 aliphatic carbocycles. The first-order valence-electron chi connectivity index (χ1n) is 5.64. The fourth-order valence-corrected chi connectivity index (χ4v) is 1.55. The lowest BCUT2D eigenvalue weighted by Gasteiger charge is -2.17. The fourth-order valence-electron chi connectivity index (χ4n) is 1.55. The lowest BCUT2D eigenvalue weighted by molar-refractivity contribution is -0.138. The van der Waals surface area contributed by atoms with Gasteiger partial charge in [-0.25, -0.2) is 4.39 Å². The van der Waals surface area contributed by atoms with Gasteiger partial charge < -0.3 is 16.2 Å². The minimum atomic E-state index is -1.19. The number of carbonyl (C=O) groups is 3. The summed E-state index contributed by atoms with van der Waals surface area (Å²) in [5.74, 6) is -3.02. The van der Waals surface area contributed by atoms with Crippen LogP contribution in [-0.4, -0.2) is 47.4 Å². The number of halogens is 1. The van der Waals surface area contributed by atoms with Crippen molar-refractivity contribution in [3.05, 3.63) is 30.1 Å². The Kier molecular flexibility index (Phi) is 5.60. The summed E-state index contributed by atoms with van der Waals surface area (Å²) in [4.78, 5) is 34.1. The van der Waals surface area contributed by atoms with Crippen LogP contribution in [-0.2, 0) is 14.4 Å². The molecular weight excluding hydrogens is 269 g/mol. The summed E-state index contributed by atoms with van der Waals surface area (Å²) >= 11 is 0. The van der Waals surface area contributed by atoms with E-state index in [-0.39, 0.29) is 18.8 Å². The molecule has 0 heterocycles. The SMILES string of the molecule is NC(=O)CN(CC(=O)O)CC(=O)Nc1cccc(F)c1. The minimum Gasteiger partial charge on any atom is -0.480 e. The second-order valence-corrected chi connectivity index (χ2v) is 4.06. The molecule has 0 bridgehead atoms. The van der Waals surface area contributed by atoms with E-state index in [1.54, 1.807) is 0 Å². The zero-order chi connectivity index (χ0) is 15.1. The highest BCUT2D eigenvalue weighted by Gasteiger charge is 2.16. The third kappa shape index (κ3) is 5.91. The van der Waals surface area contributed by atoms with Crippen molar-refractivity contribution in [2.45, 2.75) is 0 Å². The summed E-state index contributed by atoms with van der Waals surface area (Å²) in [7, 11) is 0. The van der Waals surface area contributed by atoms with E-state index in [1.165, 1.54) is 18.2 Å². The largest absolute Gasteiger partial charge is 0.480 e. The standard InChI is InChI=1S/C12H14FN3O4/c13-8-2-1-3-9(4-8)15-11(18)6-16(5-10(14)17)7-12(19)20/h1-4H,5-7H2,(H2,14,17)(H,15,18)(H,19,20). The number of aliphatic carboxylic acids is 1. The lowest BCUT2D eigenvalue weighted by atomic mass is 10.3. The van der Waals surface area contributed by atoms with Crippen LogP contribution in [0.4, 0.5) is 10.1 Å². The Hall–Kier alpha value is -2.48. The second kappa shape index (κ2) is 7.19. The van der Waals surface area contributed by atoms with Crippen LogP contribution in [0.2, 0.25) is 0 Å². The van der Waals surface area contributed by atoms with Crippen molar-refractivity contribution in [3.8, 4) is 0 Å². The third-order valence-electron chi connectivity index (χ3n) is 2.21. The van der Waals surface area contributed by atoms with Crippen molar-refractivity contribution < 1.29 is 23.9 Å². The summed E-state index contributed by atoms with van der Waals surface area (Å²) in [6.07, 6.45) is 0. The summed E-state index contributed by atoms with van der Waals surface area (Å²) in [6.45, 7) is -1.20. The molecule has 8 heteroatoms. The zero-order valence-electron chi connectivity index (χ0n) is 10.5. The van der Waals surface area contributed by atoms with Gasteiger partial charge in [0.2, 0.25) is 11.8 Å². The van der Waals surface area contributed by atoms with E-state index < -0.39 is 30.1 Å². The van der Waals surface area contributed by atoms with Crippen LogP contribution in [0.3, 0.4) is 0 Å². The minimum absolute atomic E-state index is 0.240. The van der Waals surface area contributed by atoms with Crippen molar-refractivity contribution >= 4 is 23.5 Å². The molecule has 20 heavy (non-hydrogen) atoms. The Bertz CT molecular complexity index is 505. The molecule has 1 aromatic carbocycles. The second-order valence-electron chi connectivity index (χ2n) is 4.06. The van der Waals surface area contributed by atoms with E-state index >= 15 is 0 Å². The molecule has 0 aromatic heterocycles. The summed E-state index contributed by atoms with van der Waals surface area (Å²) in [5.41, 5.74) is 5.20. The third-order valence-corrected chi connectivity index (χ3v) is 2.21. The van der Waals surface area contributed by atoms with E-state index in [0.29, 0.717) is 0 Å². The van der Waals surface area contributed by atoms with E-state index in [1.807, 2.05) is 0 Å². The predicted octanol–water partition coefficient (Wildman–Crippen LogP) is -0.364. The van der Waals surface area contributed by atoms with Crippen molar-refractivity contribution in [1.82, 2.24) is 4.90 Å². The van der Waals surface area contributed by atoms with Gasteiger partial charge in [-0.2, -0.15) is 0 Å². The number of hydrogen-bond acceptors (Lipinski definition) is 4. The molecule has 108 valence electrons. The maximum atomic E-state index is 12.9. The molecule has 0 atom stereocenters. The highest BCUT2D eigenvalue weighted by atomic mass is 19.1. The number of amides is 2. The smallest absolute Gasteiger partial charge is 0.317 e. The summed E-state index contributed by atoms with van der Waals surface area (Å²) in [5, 5.41) is 11.1. The average molecular weight is 283 g/mol. The summed E-state index contributed by atoms with van der Waals surface area (Å²) in [6, 6.07) is 5.24. The van der Waals surface area contributed by atoms with Gasteiger partial charge in [0.15, 0.2) is 0 Å². The maximum absolute atomic E-state index is 12.9. The van der Waals surface area contributed by atoms with Gasteiger partial charge in [-0.3, -0.25) is 19.3 Å². The van der Waals surface area contributed by atoms with E-state index in [0.717, 1.165) is 11.0 Å². The fraction of sp³-hybridized carbons (Fsp3) is 0.250. The topological polar surface area (TPSA) is 113 Å². The Morgan fingerprint density at radius 1 is 1.25 bits per heavy atom. The number of carbonyl (C=O) groups excluding carboxylic acids is 2. The predicted molar refractivity (Wildman–Crippen MR) is 68.3 cm³/mol. The molecule has 7 nitrogen and oxygen atoms in total. The molecule has 0 saturated heterocycles. The van der Waals surface area contributed by atoms with Crippen LogP contribution in [0, 0.1) is 5.82 Å². The first-order chi connectivity index (χ1) is 9.36. The van der Waals surface area contributed by atoms with Gasteiger partial charge in [0, 0.05) is 5.69 Å². The number of nitrogens with two attached hydrogens (primary N) is 1. The number of nitrogens with zero attached hydrogens (tertiary/aromatic N) is 1. The van der Waals surface area contributed by atoms with Crippen molar-refractivity contribution in [3.63, 3.8) is 0 Å². The summed E-state index contributed by atoms with van der Waals surface area (Å²) < 4.78 is 12.9. The normalized spacial score (nSPS) is 10.3. The van der Waals surface area contributed by atoms with Crippen molar-refractivity contribution in [2.24, 2.45) is 5.73 Å². The molecule has 0 aliphatic rings. The van der Waals surface area contributed by atoms with Gasteiger partial charge in [-0.05, 0) is 18.2 Å². The number of hydrogen-bond donors (Lipinski definition) is 3. The van der Waals surface area contributed by atoms with Gasteiger partial charge in [-0.15, -0.1) is 0 Å². The molecule has 0 saturated carbocycles. The average Bonchev–Trinajstić information content (AvgIpc) is 2.26. The van der Waals surface area contributed by atoms with Crippen LogP contribution in [0.15, 0.2) is 24.3 Å². The molecule has 0 aliphatic heterocycles. The Balaban J connectivity index is 2.61. The molecule has 1 aromatic rings. The highest BCUT2D eigenvalue weighted by Crippen LogP contribution is 2.08. The van der Waals surface area contributed by atoms with Crippen molar-refractivity contribution in [1.29, 1.82) is 0 Å². The monoisotopic (exact) mass is 283 g/mol. The number of carboxylic acid groups (broad SMARTS) is 1. The number of anilines is 1. The van der Waals surface area contributed by atoms with Crippen LogP contribution in [0.1, 0.15) is 0 Å². The Morgan fingerprint density at radius 3 is 2.50 bits per heavy atom. The molecule has 2 amide bonds. The van der Waals surface area contributed by atoms with Gasteiger partial charge in [-0.1, -0.05) is 6.07 Å². The van der Waals surface area contributed by atoms with E-state index in [9.17, 15) is 18.8 Å². The van der Waals surface area contributed by atoms with Gasteiger partial charge in [0.05, 0.1) is 19.6 Å². The molecule has 0 spiro atoms. The maximum Gasteiger partial charge on any atom is 0.317 e. The lowest BCUT2D eigenvalue weighted by Crippen LogP contribution is -2.41. The van der Waals surface area contributed by atoms with Crippen molar-refractivity contribution in [2.75, 3.05) is 25.0 Å². The molecule has 0 radical (unpaired) electrons. The molecule has 4 N–H and O–H groups in total. The first-order valence-corrected chi connectivity index (χ1v) is 5.64. The van der Waals surface area contributed by atoms with Crippen LogP contribution in [0.25, 0.3) is 0 Å². The number of rotatable bonds is 7. The van der Waals surface area contributed by atoms with Gasteiger partial charge in [0.25, 0.3) is 0 Å². The Labute approximate surface area is 114 Å². The highest BCUT2D eigenvalue weighted by molar-refractivity contribution is 5.92. The molecular formula is C12H14FN3O4. The van der Waals surface area contributed by atoms with E-state index in [4.69, 9.17) is 10.8 Å². The molecule has 0 fully saturated rings. The van der Waals surface area contributed by atoms with E-state index in [2.05, 4.69) is 5.32 Å².